The molecule has 1 amide bonds. The lowest BCUT2D eigenvalue weighted by molar-refractivity contribution is -0.115. The van der Waals surface area contributed by atoms with Crippen LogP contribution in [-0.4, -0.2) is 15.9 Å². The van der Waals surface area contributed by atoms with Crippen molar-refractivity contribution in [3.63, 3.8) is 0 Å². The summed E-state index contributed by atoms with van der Waals surface area (Å²) in [6, 6.07) is 17.4. The standard InChI is InChI=1S/C20H14ClN3OS2/c1-13(25)24(15-7-3-2-4-8-15)20-22-14(12-26-20)11-16(21)19-23-17-9-5-6-10-18(17)27-19/h2-12H,1H3/b16-11-. The molecular weight excluding hydrogens is 398 g/mol. The van der Waals surface area contributed by atoms with Gasteiger partial charge in [0.15, 0.2) is 5.13 Å². The number of amides is 1. The van der Waals surface area contributed by atoms with Crippen molar-refractivity contribution >= 4 is 72.3 Å². The number of rotatable bonds is 4. The Morgan fingerprint density at radius 2 is 1.81 bits per heavy atom. The number of thiazole rings is 2. The molecule has 0 atom stereocenters. The largest absolute Gasteiger partial charge is 0.274 e. The molecule has 0 saturated heterocycles. The molecule has 2 aromatic carbocycles. The average Bonchev–Trinajstić information content (AvgIpc) is 3.29. The number of benzene rings is 2. The van der Waals surface area contributed by atoms with Gasteiger partial charge in [-0.15, -0.1) is 22.7 Å². The first-order chi connectivity index (χ1) is 13.1. The molecule has 7 heteroatoms. The normalized spacial score (nSPS) is 11.7. The van der Waals surface area contributed by atoms with Gasteiger partial charge in [-0.05, 0) is 30.3 Å². The molecule has 0 aliphatic heterocycles. The minimum Gasteiger partial charge on any atom is -0.274 e. The molecule has 0 saturated carbocycles. The lowest BCUT2D eigenvalue weighted by Gasteiger charge is -2.17. The molecule has 0 radical (unpaired) electrons. The van der Waals surface area contributed by atoms with Crippen LogP contribution in [0, 0.1) is 0 Å². The van der Waals surface area contributed by atoms with Crippen LogP contribution < -0.4 is 4.90 Å². The third-order valence-corrected chi connectivity index (χ3v) is 6.12. The van der Waals surface area contributed by atoms with Gasteiger partial charge in [0.1, 0.15) is 5.01 Å². The Hall–Kier alpha value is -2.54. The minimum atomic E-state index is -0.0941. The quantitative estimate of drug-likeness (QED) is 0.403. The molecule has 0 N–H and O–H groups in total. The molecule has 4 aromatic rings. The molecule has 0 spiro atoms. The topological polar surface area (TPSA) is 46.1 Å². The van der Waals surface area contributed by atoms with Crippen LogP contribution in [0.3, 0.4) is 0 Å². The number of carbonyl (C=O) groups excluding carboxylic acids is 1. The fraction of sp³-hybridized carbons (Fsp3) is 0.0500. The Balaban J connectivity index is 1.65. The zero-order valence-corrected chi connectivity index (χ0v) is 16.7. The number of carbonyl (C=O) groups is 1. The number of fused-ring (bicyclic) bond motifs is 1. The molecule has 2 heterocycles. The van der Waals surface area contributed by atoms with E-state index in [9.17, 15) is 4.79 Å². The van der Waals surface area contributed by atoms with E-state index < -0.39 is 0 Å². The molecule has 4 nitrogen and oxygen atoms in total. The second-order valence-corrected chi connectivity index (χ2v) is 8.00. The van der Waals surface area contributed by atoms with E-state index in [0.717, 1.165) is 20.9 Å². The van der Waals surface area contributed by atoms with Gasteiger partial charge >= 0.3 is 0 Å². The zero-order chi connectivity index (χ0) is 18.8. The van der Waals surface area contributed by atoms with Crippen LogP contribution in [0.25, 0.3) is 21.3 Å². The molecular formula is C20H14ClN3OS2. The second kappa shape index (κ2) is 7.60. The van der Waals surface area contributed by atoms with Gasteiger partial charge in [0.2, 0.25) is 5.91 Å². The van der Waals surface area contributed by atoms with Crippen LogP contribution in [0.2, 0.25) is 0 Å². The van der Waals surface area contributed by atoms with Crippen LogP contribution in [0.4, 0.5) is 10.8 Å². The first kappa shape index (κ1) is 17.9. The predicted molar refractivity (Wildman–Crippen MR) is 115 cm³/mol. The van der Waals surface area contributed by atoms with E-state index in [0.29, 0.717) is 15.9 Å². The summed E-state index contributed by atoms with van der Waals surface area (Å²) >= 11 is 9.41. The summed E-state index contributed by atoms with van der Waals surface area (Å²) in [4.78, 5) is 22.9. The van der Waals surface area contributed by atoms with Gasteiger partial charge in [-0.3, -0.25) is 9.69 Å². The third-order valence-electron chi connectivity index (χ3n) is 3.80. The minimum absolute atomic E-state index is 0.0941. The maximum Gasteiger partial charge on any atom is 0.230 e. The van der Waals surface area contributed by atoms with Gasteiger partial charge in [0, 0.05) is 12.3 Å². The summed E-state index contributed by atoms with van der Waals surface area (Å²) in [6.07, 6.45) is 1.78. The molecule has 0 fully saturated rings. The van der Waals surface area contributed by atoms with Crippen LogP contribution in [0.1, 0.15) is 17.6 Å². The fourth-order valence-electron chi connectivity index (χ4n) is 2.62. The lowest BCUT2D eigenvalue weighted by Crippen LogP contribution is -2.22. The smallest absolute Gasteiger partial charge is 0.230 e. The van der Waals surface area contributed by atoms with E-state index >= 15 is 0 Å². The Kier molecular flexibility index (Phi) is 5.03. The highest BCUT2D eigenvalue weighted by atomic mass is 35.5. The molecule has 27 heavy (non-hydrogen) atoms. The van der Waals surface area contributed by atoms with Gasteiger partial charge in [0.05, 0.1) is 26.6 Å². The zero-order valence-electron chi connectivity index (χ0n) is 14.3. The highest BCUT2D eigenvalue weighted by molar-refractivity contribution is 7.20. The molecule has 0 unspecified atom stereocenters. The van der Waals surface area contributed by atoms with Crippen molar-refractivity contribution in [2.24, 2.45) is 0 Å². The van der Waals surface area contributed by atoms with Crippen molar-refractivity contribution in [2.75, 3.05) is 4.90 Å². The second-order valence-electron chi connectivity index (χ2n) is 5.72. The number of anilines is 2. The summed E-state index contributed by atoms with van der Waals surface area (Å²) in [5, 5.41) is 3.76. The maximum atomic E-state index is 12.1. The SMILES string of the molecule is CC(=O)N(c1ccccc1)c1nc(/C=C(\Cl)c2nc3ccccc3s2)cs1. The van der Waals surface area contributed by atoms with E-state index in [-0.39, 0.29) is 5.91 Å². The number of nitrogens with zero attached hydrogens (tertiary/aromatic N) is 3. The highest BCUT2D eigenvalue weighted by Gasteiger charge is 2.17. The maximum absolute atomic E-state index is 12.1. The van der Waals surface area contributed by atoms with E-state index in [2.05, 4.69) is 9.97 Å². The Morgan fingerprint density at radius 3 is 2.56 bits per heavy atom. The summed E-state index contributed by atoms with van der Waals surface area (Å²) in [5.41, 5.74) is 2.41. The molecule has 2 aromatic heterocycles. The van der Waals surface area contributed by atoms with E-state index in [4.69, 9.17) is 11.6 Å². The van der Waals surface area contributed by atoms with Crippen LogP contribution in [0.5, 0.6) is 0 Å². The van der Waals surface area contributed by atoms with Crippen molar-refractivity contribution in [1.82, 2.24) is 9.97 Å². The Bertz CT molecular complexity index is 1100. The molecule has 0 aliphatic rings. The number of halogens is 1. The van der Waals surface area contributed by atoms with E-state index in [1.807, 2.05) is 60.0 Å². The van der Waals surface area contributed by atoms with Gasteiger partial charge in [-0.25, -0.2) is 9.97 Å². The fourth-order valence-corrected chi connectivity index (χ4v) is 4.60. The molecule has 4 rings (SSSR count). The average molecular weight is 412 g/mol. The summed E-state index contributed by atoms with van der Waals surface area (Å²) < 4.78 is 1.09. The number of aromatic nitrogens is 2. The first-order valence-corrected chi connectivity index (χ1v) is 10.2. The van der Waals surface area contributed by atoms with Gasteiger partial charge in [0.25, 0.3) is 0 Å². The van der Waals surface area contributed by atoms with Crippen molar-refractivity contribution in [3.05, 3.63) is 70.7 Å². The number of para-hydroxylation sites is 2. The number of hydrogen-bond acceptors (Lipinski definition) is 5. The molecule has 134 valence electrons. The van der Waals surface area contributed by atoms with Gasteiger partial charge in [-0.1, -0.05) is 41.9 Å². The predicted octanol–water partition coefficient (Wildman–Crippen LogP) is 6.17. The van der Waals surface area contributed by atoms with Crippen molar-refractivity contribution in [1.29, 1.82) is 0 Å². The van der Waals surface area contributed by atoms with E-state index in [1.54, 1.807) is 11.0 Å². The van der Waals surface area contributed by atoms with Gasteiger partial charge in [-0.2, -0.15) is 0 Å². The summed E-state index contributed by atoms with van der Waals surface area (Å²) in [6.45, 7) is 1.53. The Labute approximate surface area is 169 Å². The van der Waals surface area contributed by atoms with Crippen molar-refractivity contribution in [2.45, 2.75) is 6.92 Å². The van der Waals surface area contributed by atoms with Crippen molar-refractivity contribution < 1.29 is 4.79 Å². The Morgan fingerprint density at radius 1 is 1.07 bits per heavy atom. The number of hydrogen-bond donors (Lipinski definition) is 0. The van der Waals surface area contributed by atoms with Gasteiger partial charge < -0.3 is 0 Å². The summed E-state index contributed by atoms with van der Waals surface area (Å²) in [5.74, 6) is -0.0941. The van der Waals surface area contributed by atoms with E-state index in [1.165, 1.54) is 29.6 Å². The third kappa shape index (κ3) is 3.78. The molecule has 0 bridgehead atoms. The highest BCUT2D eigenvalue weighted by Crippen LogP contribution is 2.33. The summed E-state index contributed by atoms with van der Waals surface area (Å²) in [7, 11) is 0. The van der Waals surface area contributed by atoms with Crippen LogP contribution >= 0.6 is 34.3 Å². The van der Waals surface area contributed by atoms with Crippen LogP contribution in [0.15, 0.2) is 60.0 Å². The van der Waals surface area contributed by atoms with Crippen LogP contribution in [-0.2, 0) is 4.79 Å². The lowest BCUT2D eigenvalue weighted by atomic mass is 10.3. The monoisotopic (exact) mass is 411 g/mol. The first-order valence-electron chi connectivity index (χ1n) is 8.16. The van der Waals surface area contributed by atoms with Crippen molar-refractivity contribution in [3.8, 4) is 0 Å². The molecule has 0 aliphatic carbocycles.